The zero-order valence-electron chi connectivity index (χ0n) is 20.2. The minimum atomic E-state index is -0.606. The second-order valence-electron chi connectivity index (χ2n) is 9.73. The lowest BCUT2D eigenvalue weighted by Crippen LogP contribution is -2.25. The van der Waals surface area contributed by atoms with Gasteiger partial charge in [0.05, 0.1) is 26.7 Å². The van der Waals surface area contributed by atoms with Crippen molar-refractivity contribution in [2.75, 3.05) is 30.7 Å². The van der Waals surface area contributed by atoms with Gasteiger partial charge in [-0.1, -0.05) is 24.6 Å². The van der Waals surface area contributed by atoms with Crippen LogP contribution < -0.4 is 16.4 Å². The first-order valence-corrected chi connectivity index (χ1v) is 13.7. The number of nitriles is 1. The van der Waals surface area contributed by atoms with Crippen molar-refractivity contribution in [1.82, 2.24) is 15.3 Å². The van der Waals surface area contributed by atoms with Crippen molar-refractivity contribution in [3.63, 3.8) is 0 Å². The van der Waals surface area contributed by atoms with Crippen molar-refractivity contribution < 1.29 is 8.78 Å². The predicted molar refractivity (Wildman–Crippen MR) is 145 cm³/mol. The summed E-state index contributed by atoms with van der Waals surface area (Å²) in [5, 5.41) is 17.9. The average molecular weight is 539 g/mol. The summed E-state index contributed by atoms with van der Waals surface area (Å²) in [6.07, 6.45) is 3.33. The Balaban J connectivity index is 1.65. The quantitative estimate of drug-likeness (QED) is 0.294. The first kappa shape index (κ1) is 24.3. The summed E-state index contributed by atoms with van der Waals surface area (Å²) in [5.74, 6) is 0.381. The predicted octanol–water partition coefficient (Wildman–Crippen LogP) is 6.04. The van der Waals surface area contributed by atoms with Gasteiger partial charge in [0, 0.05) is 29.3 Å². The van der Waals surface area contributed by atoms with E-state index in [0.717, 1.165) is 49.4 Å². The molecule has 6 rings (SSSR count). The number of nitrogens with zero attached hydrogens (tertiary/aromatic N) is 3. The van der Waals surface area contributed by atoms with Crippen LogP contribution in [0.1, 0.15) is 36.8 Å². The van der Waals surface area contributed by atoms with Crippen LogP contribution >= 0.6 is 22.9 Å². The van der Waals surface area contributed by atoms with Crippen molar-refractivity contribution in [3.05, 3.63) is 45.9 Å². The van der Waals surface area contributed by atoms with E-state index in [-0.39, 0.29) is 36.8 Å². The molecule has 0 spiro atoms. The first-order valence-electron chi connectivity index (χ1n) is 12.5. The number of aryl methyl sites for hydroxylation is 1. The van der Waals surface area contributed by atoms with Gasteiger partial charge in [-0.3, -0.25) is 0 Å². The molecule has 2 aromatic carbocycles. The summed E-state index contributed by atoms with van der Waals surface area (Å²) in [6, 6.07) is 4.77. The van der Waals surface area contributed by atoms with E-state index in [1.54, 1.807) is 0 Å². The molecule has 0 bridgehead atoms. The normalized spacial score (nSPS) is 19.5. The van der Waals surface area contributed by atoms with Gasteiger partial charge in [-0.25, -0.2) is 18.7 Å². The molecule has 190 valence electrons. The van der Waals surface area contributed by atoms with E-state index in [1.807, 2.05) is 6.92 Å². The molecule has 6 nitrogen and oxygen atoms in total. The summed E-state index contributed by atoms with van der Waals surface area (Å²) in [5.41, 5.74) is 8.12. The van der Waals surface area contributed by atoms with Gasteiger partial charge in [-0.2, -0.15) is 5.26 Å². The largest absolute Gasteiger partial charge is 0.389 e. The Kier molecular flexibility index (Phi) is 6.14. The summed E-state index contributed by atoms with van der Waals surface area (Å²) in [6.45, 7) is 4.61. The molecule has 10 heteroatoms. The number of hydrogen-bond donors (Lipinski definition) is 3. The fourth-order valence-electron chi connectivity index (χ4n) is 5.86. The lowest BCUT2D eigenvalue weighted by atomic mass is 9.83. The molecule has 0 saturated carbocycles. The minimum absolute atomic E-state index is 0.0831. The van der Waals surface area contributed by atoms with Crippen LogP contribution in [0.3, 0.4) is 0 Å². The van der Waals surface area contributed by atoms with Crippen molar-refractivity contribution in [1.29, 1.82) is 5.26 Å². The zero-order valence-corrected chi connectivity index (χ0v) is 21.8. The number of hydrogen-bond acceptors (Lipinski definition) is 7. The Labute approximate surface area is 221 Å². The lowest BCUT2D eigenvalue weighted by Gasteiger charge is -2.28. The van der Waals surface area contributed by atoms with Crippen LogP contribution in [0.25, 0.3) is 32.1 Å². The van der Waals surface area contributed by atoms with Gasteiger partial charge in [-0.15, -0.1) is 11.3 Å². The fourth-order valence-corrected chi connectivity index (χ4v) is 7.16. The number of nitrogens with one attached hydrogen (secondary N) is 2. The van der Waals surface area contributed by atoms with E-state index in [1.165, 1.54) is 12.1 Å². The van der Waals surface area contributed by atoms with Gasteiger partial charge in [-0.05, 0) is 55.8 Å². The van der Waals surface area contributed by atoms with E-state index < -0.39 is 11.6 Å². The SMILES string of the molecule is CCc1nc2c3c(c(Cl)c(-c4ccc(F)c5sc(N)c(C#N)c45)c(F)c3n1)NCCC(C1CCNC1)C2. The van der Waals surface area contributed by atoms with Crippen LogP contribution in [0, 0.1) is 34.8 Å². The fraction of sp³-hybridized carbons (Fsp3) is 0.370. The highest BCUT2D eigenvalue weighted by molar-refractivity contribution is 7.23. The Morgan fingerprint density at radius 3 is 2.73 bits per heavy atom. The molecule has 37 heavy (non-hydrogen) atoms. The molecule has 0 amide bonds. The van der Waals surface area contributed by atoms with Crippen LogP contribution in [-0.2, 0) is 12.8 Å². The molecule has 2 atom stereocenters. The van der Waals surface area contributed by atoms with Crippen LogP contribution in [0.15, 0.2) is 12.1 Å². The zero-order chi connectivity index (χ0) is 25.8. The van der Waals surface area contributed by atoms with Gasteiger partial charge >= 0.3 is 0 Å². The van der Waals surface area contributed by atoms with E-state index >= 15 is 4.39 Å². The van der Waals surface area contributed by atoms with Crippen molar-refractivity contribution >= 4 is 54.6 Å². The standard InChI is InChI=1S/C27H25ClF2N6S/c1-2-18-35-17-9-12(13-5-7-33-11-13)6-8-34-24-21(17)25(36-18)23(30)20(22(24)28)14-3-4-16(29)26-19(14)15(10-31)27(32)37-26/h3-4,12-13,33-34H,2,5-9,11,32H2,1H3. The van der Waals surface area contributed by atoms with E-state index in [0.29, 0.717) is 47.3 Å². The Bertz CT molecular complexity index is 1610. The van der Waals surface area contributed by atoms with Gasteiger partial charge in [0.25, 0.3) is 0 Å². The maximum absolute atomic E-state index is 16.5. The maximum Gasteiger partial charge on any atom is 0.159 e. The molecule has 2 aromatic heterocycles. The Morgan fingerprint density at radius 1 is 1.19 bits per heavy atom. The maximum atomic E-state index is 16.5. The number of thiophene rings is 1. The summed E-state index contributed by atoms with van der Waals surface area (Å²) in [4.78, 5) is 9.45. The smallest absolute Gasteiger partial charge is 0.159 e. The van der Waals surface area contributed by atoms with Gasteiger partial charge in [0.2, 0.25) is 0 Å². The number of nitrogen functional groups attached to an aromatic ring is 1. The topological polar surface area (TPSA) is 99.7 Å². The second kappa shape index (κ2) is 9.35. The molecule has 4 aromatic rings. The molecule has 2 aliphatic heterocycles. The molecule has 0 aliphatic carbocycles. The minimum Gasteiger partial charge on any atom is -0.389 e. The number of benzene rings is 2. The van der Waals surface area contributed by atoms with Crippen LogP contribution in [0.2, 0.25) is 5.02 Å². The monoisotopic (exact) mass is 538 g/mol. The number of nitrogens with two attached hydrogens (primary N) is 1. The molecule has 2 aliphatic rings. The third-order valence-electron chi connectivity index (χ3n) is 7.70. The molecule has 1 fully saturated rings. The molecule has 4 heterocycles. The van der Waals surface area contributed by atoms with Gasteiger partial charge < -0.3 is 16.4 Å². The summed E-state index contributed by atoms with van der Waals surface area (Å²) in [7, 11) is 0. The molecule has 0 radical (unpaired) electrons. The number of anilines is 2. The molecular weight excluding hydrogens is 514 g/mol. The number of aromatic nitrogens is 2. The third kappa shape index (κ3) is 3.81. The van der Waals surface area contributed by atoms with Crippen molar-refractivity contribution in [3.8, 4) is 17.2 Å². The summed E-state index contributed by atoms with van der Waals surface area (Å²) < 4.78 is 31.5. The highest BCUT2D eigenvalue weighted by Crippen LogP contribution is 2.48. The van der Waals surface area contributed by atoms with Crippen LogP contribution in [0.5, 0.6) is 0 Å². The van der Waals surface area contributed by atoms with Gasteiger partial charge in [0.15, 0.2) is 5.82 Å². The molecule has 4 N–H and O–H groups in total. The molecule has 1 saturated heterocycles. The van der Waals surface area contributed by atoms with Crippen molar-refractivity contribution in [2.24, 2.45) is 11.8 Å². The molecular formula is C27H25ClF2N6S. The molecule has 2 unspecified atom stereocenters. The van der Waals surface area contributed by atoms with Gasteiger partial charge in [0.1, 0.15) is 28.2 Å². The highest BCUT2D eigenvalue weighted by Gasteiger charge is 2.32. The number of fused-ring (bicyclic) bond motifs is 1. The summed E-state index contributed by atoms with van der Waals surface area (Å²) >= 11 is 7.94. The van der Waals surface area contributed by atoms with E-state index in [2.05, 4.69) is 21.7 Å². The Morgan fingerprint density at radius 2 is 2.00 bits per heavy atom. The first-order chi connectivity index (χ1) is 17.9. The van der Waals surface area contributed by atoms with E-state index in [9.17, 15) is 9.65 Å². The number of halogens is 3. The van der Waals surface area contributed by atoms with Crippen LogP contribution in [-0.4, -0.2) is 29.6 Å². The average Bonchev–Trinajstić information content (AvgIpc) is 3.53. The highest BCUT2D eigenvalue weighted by atomic mass is 35.5. The Hall–Kier alpha value is -3.06. The van der Waals surface area contributed by atoms with Crippen LogP contribution in [0.4, 0.5) is 19.5 Å². The van der Waals surface area contributed by atoms with E-state index in [4.69, 9.17) is 22.3 Å². The lowest BCUT2D eigenvalue weighted by molar-refractivity contribution is 0.336. The number of rotatable bonds is 3. The third-order valence-corrected chi connectivity index (χ3v) is 9.10. The second-order valence-corrected chi connectivity index (χ2v) is 11.2. The van der Waals surface area contributed by atoms with Crippen molar-refractivity contribution in [2.45, 2.75) is 32.6 Å².